The summed E-state index contributed by atoms with van der Waals surface area (Å²) >= 11 is 17.5. The molecule has 5 rings (SSSR count). The van der Waals surface area contributed by atoms with Gasteiger partial charge in [-0.2, -0.15) is 0 Å². The fourth-order valence-corrected chi connectivity index (χ4v) is 7.85. The summed E-state index contributed by atoms with van der Waals surface area (Å²) in [5, 5.41) is 9.04. The molecule has 1 N–H and O–H groups in total. The molecule has 1 saturated carbocycles. The van der Waals surface area contributed by atoms with Gasteiger partial charge in [-0.3, -0.25) is 29.0 Å². The van der Waals surface area contributed by atoms with Crippen molar-refractivity contribution < 1.29 is 29.0 Å². The van der Waals surface area contributed by atoms with E-state index in [1.807, 2.05) is 6.08 Å². The summed E-state index contributed by atoms with van der Waals surface area (Å²) < 4.78 is 5.47. The van der Waals surface area contributed by atoms with E-state index in [4.69, 9.17) is 33.0 Å². The van der Waals surface area contributed by atoms with Crippen molar-refractivity contribution in [2.45, 2.75) is 35.4 Å². The zero-order chi connectivity index (χ0) is 26.0. The van der Waals surface area contributed by atoms with Crippen LogP contribution in [-0.4, -0.2) is 73.5 Å². The van der Waals surface area contributed by atoms with Crippen LogP contribution in [0, 0.1) is 17.8 Å². The van der Waals surface area contributed by atoms with Crippen LogP contribution in [0.4, 0.5) is 0 Å². The van der Waals surface area contributed by atoms with Crippen molar-refractivity contribution in [2.75, 3.05) is 25.2 Å². The van der Waals surface area contributed by atoms with E-state index in [-0.39, 0.29) is 43.4 Å². The number of aliphatic hydroxyl groups is 1. The van der Waals surface area contributed by atoms with E-state index in [0.717, 1.165) is 10.5 Å². The van der Waals surface area contributed by atoms with Gasteiger partial charge in [0, 0.05) is 12.5 Å². The molecular formula is C25H25BrCl2N2O6. The maximum absolute atomic E-state index is 13.7. The van der Waals surface area contributed by atoms with E-state index < -0.39 is 45.2 Å². The van der Waals surface area contributed by atoms with Crippen molar-refractivity contribution >= 4 is 62.8 Å². The fraction of sp³-hybridized carbons (Fsp3) is 0.520. The summed E-state index contributed by atoms with van der Waals surface area (Å²) in [5.41, 5.74) is 1.33. The number of hydrogen-bond acceptors (Lipinski definition) is 6. The number of alkyl halides is 3. The number of allylic oxidation sites excluding steroid dienone is 2. The van der Waals surface area contributed by atoms with Crippen LogP contribution >= 0.6 is 39.1 Å². The van der Waals surface area contributed by atoms with Crippen LogP contribution in [0.3, 0.4) is 0 Å². The Morgan fingerprint density at radius 2 is 1.75 bits per heavy atom. The molecule has 2 heterocycles. The molecule has 0 radical (unpaired) electrons. The van der Waals surface area contributed by atoms with E-state index in [2.05, 4.69) is 15.9 Å². The molecule has 6 atom stereocenters. The summed E-state index contributed by atoms with van der Waals surface area (Å²) in [6.07, 6.45) is 2.23. The van der Waals surface area contributed by atoms with Gasteiger partial charge in [-0.05, 0) is 43.4 Å². The van der Waals surface area contributed by atoms with Gasteiger partial charge >= 0.3 is 0 Å². The van der Waals surface area contributed by atoms with Crippen LogP contribution in [0.15, 0.2) is 35.9 Å². The largest absolute Gasteiger partial charge is 0.491 e. The van der Waals surface area contributed by atoms with Crippen LogP contribution in [0.25, 0.3) is 0 Å². The monoisotopic (exact) mass is 598 g/mol. The first-order valence-electron chi connectivity index (χ1n) is 11.8. The summed E-state index contributed by atoms with van der Waals surface area (Å²) in [6, 6.07) is 6.90. The van der Waals surface area contributed by atoms with Gasteiger partial charge in [-0.25, -0.2) is 0 Å². The summed E-state index contributed by atoms with van der Waals surface area (Å²) in [5.74, 6) is -3.70. The van der Waals surface area contributed by atoms with Gasteiger partial charge in [0.1, 0.15) is 12.4 Å². The molecule has 192 valence electrons. The van der Waals surface area contributed by atoms with Gasteiger partial charge in [0.05, 0.1) is 23.9 Å². The third kappa shape index (κ3) is 3.28. The van der Waals surface area contributed by atoms with Crippen LogP contribution in [0.5, 0.6) is 5.75 Å². The Kier molecular flexibility index (Phi) is 6.51. The number of carbonyl (C=O) groups is 4. The molecule has 11 heteroatoms. The summed E-state index contributed by atoms with van der Waals surface area (Å²) in [4.78, 5) is 52.2. The van der Waals surface area contributed by atoms with Gasteiger partial charge in [0.15, 0.2) is 9.75 Å². The summed E-state index contributed by atoms with van der Waals surface area (Å²) in [7, 11) is 0. The van der Waals surface area contributed by atoms with Crippen molar-refractivity contribution in [2.24, 2.45) is 17.8 Å². The Hall–Kier alpha value is -1.94. The smallest absolute Gasteiger partial charge is 0.254 e. The molecule has 4 aliphatic rings. The minimum atomic E-state index is -1.82. The lowest BCUT2D eigenvalue weighted by atomic mass is 9.56. The lowest BCUT2D eigenvalue weighted by Crippen LogP contribution is -2.60. The quantitative estimate of drug-likeness (QED) is 0.233. The number of carbonyl (C=O) groups excluding carboxylic acids is 4. The van der Waals surface area contributed by atoms with Gasteiger partial charge in [0.25, 0.3) is 11.8 Å². The normalized spacial score (nSPS) is 35.5. The zero-order valence-corrected chi connectivity index (χ0v) is 22.6. The predicted octanol–water partition coefficient (Wildman–Crippen LogP) is 2.79. The Labute approximate surface area is 226 Å². The minimum Gasteiger partial charge on any atom is -0.491 e. The molecule has 8 nitrogen and oxygen atoms in total. The van der Waals surface area contributed by atoms with Gasteiger partial charge < -0.3 is 9.84 Å². The minimum absolute atomic E-state index is 0.0239. The van der Waals surface area contributed by atoms with Gasteiger partial charge in [-0.1, -0.05) is 39.7 Å². The number of benzene rings is 1. The number of rotatable bonds is 6. The van der Waals surface area contributed by atoms with Crippen molar-refractivity contribution in [3.8, 4) is 5.75 Å². The maximum Gasteiger partial charge on any atom is 0.254 e. The molecular weight excluding hydrogens is 575 g/mol. The van der Waals surface area contributed by atoms with Crippen molar-refractivity contribution in [1.29, 1.82) is 0 Å². The molecule has 0 aromatic heterocycles. The first kappa shape index (κ1) is 25.7. The second-order valence-corrected chi connectivity index (χ2v) is 11.3. The standard InChI is InChI=1S/C25H25BrCl2N2O6/c1-2-29-20(32)16-8-7-15-17(18(16)21(29)33)11-24(27)22(34)30(12-26)23(35)25(24,28)19(15)13-3-5-14(6-4-13)36-10-9-31/h3-7,16-19,31H,2,8-12H2,1H3/t16-,17+,18-,19-,24+,25-/m0/s1. The number of nitrogens with zero attached hydrogens (tertiary/aromatic N) is 2. The second kappa shape index (κ2) is 9.11. The van der Waals surface area contributed by atoms with Gasteiger partial charge in [-0.15, -0.1) is 23.2 Å². The van der Waals surface area contributed by atoms with Crippen molar-refractivity contribution in [3.63, 3.8) is 0 Å². The molecule has 4 amide bonds. The Morgan fingerprint density at radius 1 is 1.06 bits per heavy atom. The molecule has 36 heavy (non-hydrogen) atoms. The average Bonchev–Trinajstić information content (AvgIpc) is 3.20. The number of aliphatic hydroxyl groups excluding tert-OH is 1. The number of hydrogen-bond donors (Lipinski definition) is 1. The zero-order valence-electron chi connectivity index (χ0n) is 19.5. The lowest BCUT2D eigenvalue weighted by molar-refractivity contribution is -0.141. The highest BCUT2D eigenvalue weighted by atomic mass is 79.9. The highest BCUT2D eigenvalue weighted by Gasteiger charge is 2.76. The fourth-order valence-electron chi connectivity index (χ4n) is 6.42. The third-order valence-electron chi connectivity index (χ3n) is 8.00. The van der Waals surface area contributed by atoms with Crippen LogP contribution in [0.1, 0.15) is 31.2 Å². The molecule has 3 fully saturated rings. The summed E-state index contributed by atoms with van der Waals surface area (Å²) in [6.45, 7) is 2.01. The Balaban J connectivity index is 1.66. The van der Waals surface area contributed by atoms with E-state index in [1.165, 1.54) is 4.90 Å². The number of ether oxygens (including phenoxy) is 1. The Bertz CT molecular complexity index is 1180. The highest BCUT2D eigenvalue weighted by molar-refractivity contribution is 9.09. The van der Waals surface area contributed by atoms with E-state index >= 15 is 0 Å². The predicted molar refractivity (Wildman–Crippen MR) is 135 cm³/mol. The molecule has 2 saturated heterocycles. The van der Waals surface area contributed by atoms with Crippen LogP contribution in [-0.2, 0) is 19.2 Å². The third-order valence-corrected chi connectivity index (χ3v) is 9.91. The molecule has 2 aliphatic carbocycles. The second-order valence-electron chi connectivity index (χ2n) is 9.55. The van der Waals surface area contributed by atoms with Crippen LogP contribution < -0.4 is 4.74 Å². The number of likely N-dealkylation sites (tertiary alicyclic amines) is 2. The van der Waals surface area contributed by atoms with Crippen LogP contribution in [0.2, 0.25) is 0 Å². The van der Waals surface area contributed by atoms with Crippen molar-refractivity contribution in [3.05, 3.63) is 41.5 Å². The molecule has 2 aliphatic heterocycles. The molecule has 0 bridgehead atoms. The van der Waals surface area contributed by atoms with E-state index in [0.29, 0.717) is 17.7 Å². The van der Waals surface area contributed by atoms with Gasteiger partial charge in [0.2, 0.25) is 11.8 Å². The number of halogens is 3. The van der Waals surface area contributed by atoms with E-state index in [9.17, 15) is 19.2 Å². The molecule has 1 aromatic carbocycles. The number of imide groups is 2. The average molecular weight is 600 g/mol. The first-order chi connectivity index (χ1) is 17.1. The molecule has 0 spiro atoms. The van der Waals surface area contributed by atoms with Crippen molar-refractivity contribution in [1.82, 2.24) is 9.80 Å². The first-order valence-corrected chi connectivity index (χ1v) is 13.7. The lowest BCUT2D eigenvalue weighted by Gasteiger charge is -2.50. The number of amides is 4. The Morgan fingerprint density at radius 3 is 2.36 bits per heavy atom. The topological polar surface area (TPSA) is 104 Å². The molecule has 1 aromatic rings. The number of fused-ring (bicyclic) bond motifs is 4. The SMILES string of the molecule is CCN1C(=O)[C@H]2[C@H](CC=C3[C@H]2C[C@@]2(Cl)C(=O)N(CBr)C(=O)[C@@]2(Cl)[C@H]3c2ccc(OCCO)cc2)C1=O. The van der Waals surface area contributed by atoms with E-state index in [1.54, 1.807) is 31.2 Å². The maximum atomic E-state index is 13.7. The highest BCUT2D eigenvalue weighted by Crippen LogP contribution is 2.65. The molecule has 0 unspecified atom stereocenters.